The van der Waals surface area contributed by atoms with E-state index in [1.54, 1.807) is 26.0 Å². The summed E-state index contributed by atoms with van der Waals surface area (Å²) in [7, 11) is 3.24. The van der Waals surface area contributed by atoms with Gasteiger partial charge >= 0.3 is 0 Å². The first kappa shape index (κ1) is 27.3. The molecule has 4 rings (SSSR count). The summed E-state index contributed by atoms with van der Waals surface area (Å²) < 4.78 is 12.8. The maximum Gasteiger partial charge on any atom is 0.220 e. The Hall–Kier alpha value is -3.78. The number of hydrogen-bond acceptors (Lipinski definition) is 6. The van der Waals surface area contributed by atoms with Crippen molar-refractivity contribution in [3.05, 3.63) is 95.3 Å². The van der Waals surface area contributed by atoms with Gasteiger partial charge < -0.3 is 14.8 Å². The summed E-state index contributed by atoms with van der Waals surface area (Å²) in [6.45, 7) is 2.65. The lowest BCUT2D eigenvalue weighted by atomic mass is 10.1. The first-order chi connectivity index (χ1) is 18.6. The highest BCUT2D eigenvalue weighted by Crippen LogP contribution is 2.28. The molecule has 4 aromatic rings. The average Bonchev–Trinajstić information content (AvgIpc) is 3.34. The fourth-order valence-electron chi connectivity index (χ4n) is 4.11. The summed E-state index contributed by atoms with van der Waals surface area (Å²) in [5, 5.41) is 12.9. The Balaban J connectivity index is 1.29. The Morgan fingerprint density at radius 3 is 2.42 bits per heavy atom. The van der Waals surface area contributed by atoms with Crippen LogP contribution >= 0.6 is 11.8 Å². The molecule has 1 aromatic heterocycles. The molecule has 0 aliphatic heterocycles. The molecule has 0 fully saturated rings. The molecule has 198 valence electrons. The fourth-order valence-corrected chi connectivity index (χ4v) is 5.02. The molecule has 0 saturated carbocycles. The number of amides is 1. The van der Waals surface area contributed by atoms with Gasteiger partial charge in [0.15, 0.2) is 16.7 Å². The Labute approximate surface area is 228 Å². The summed E-state index contributed by atoms with van der Waals surface area (Å²) >= 11 is 1.63. The van der Waals surface area contributed by atoms with Crippen LogP contribution in [-0.2, 0) is 17.6 Å². The van der Waals surface area contributed by atoms with Crippen LogP contribution in [0.4, 0.5) is 0 Å². The van der Waals surface area contributed by atoms with Crippen molar-refractivity contribution in [2.24, 2.45) is 0 Å². The van der Waals surface area contributed by atoms with Gasteiger partial charge in [0.2, 0.25) is 5.91 Å². The van der Waals surface area contributed by atoms with Crippen molar-refractivity contribution in [1.29, 1.82) is 0 Å². The average molecular weight is 531 g/mol. The van der Waals surface area contributed by atoms with Crippen molar-refractivity contribution in [2.45, 2.75) is 37.8 Å². The van der Waals surface area contributed by atoms with E-state index in [-0.39, 0.29) is 5.91 Å². The number of thioether (sulfide) groups is 1. The number of methoxy groups -OCH3 is 2. The number of aromatic nitrogens is 3. The zero-order chi connectivity index (χ0) is 26.7. The minimum absolute atomic E-state index is 0.0517. The van der Waals surface area contributed by atoms with Crippen molar-refractivity contribution in [2.75, 3.05) is 26.5 Å². The highest BCUT2D eigenvalue weighted by molar-refractivity contribution is 7.99. The number of aryl methyl sites for hydroxylation is 1. The molecule has 7 nitrogen and oxygen atoms in total. The van der Waals surface area contributed by atoms with Gasteiger partial charge in [-0.3, -0.25) is 9.36 Å². The topological polar surface area (TPSA) is 78.3 Å². The van der Waals surface area contributed by atoms with Gasteiger partial charge in [0.05, 0.1) is 14.2 Å². The zero-order valence-electron chi connectivity index (χ0n) is 22.1. The van der Waals surface area contributed by atoms with Gasteiger partial charge in [-0.1, -0.05) is 65.9 Å². The fraction of sp³-hybridized carbons (Fsp3) is 0.300. The van der Waals surface area contributed by atoms with Crippen LogP contribution in [0, 0.1) is 6.92 Å². The second-order valence-electron chi connectivity index (χ2n) is 8.97. The lowest BCUT2D eigenvalue weighted by Crippen LogP contribution is -2.25. The summed E-state index contributed by atoms with van der Waals surface area (Å²) in [5.74, 6) is 3.12. The third-order valence-electron chi connectivity index (χ3n) is 6.16. The van der Waals surface area contributed by atoms with E-state index in [0.29, 0.717) is 30.9 Å². The molecule has 8 heteroatoms. The minimum Gasteiger partial charge on any atom is -0.493 e. The van der Waals surface area contributed by atoms with E-state index in [0.717, 1.165) is 40.8 Å². The van der Waals surface area contributed by atoms with Gasteiger partial charge in [-0.2, -0.15) is 0 Å². The maximum absolute atomic E-state index is 12.4. The normalized spacial score (nSPS) is 10.8. The third kappa shape index (κ3) is 7.38. The zero-order valence-corrected chi connectivity index (χ0v) is 23.0. The Bertz CT molecular complexity index is 1320. The number of ether oxygens (including phenoxy) is 2. The van der Waals surface area contributed by atoms with Crippen LogP contribution in [0.1, 0.15) is 35.4 Å². The SMILES string of the molecule is COc1ccc(CCNC(=O)CCCSc2nnc(Cc3ccccc3)n2-c2ccc(C)cc2)cc1OC. The first-order valence-electron chi connectivity index (χ1n) is 12.7. The largest absolute Gasteiger partial charge is 0.493 e. The highest BCUT2D eigenvalue weighted by Gasteiger charge is 2.15. The van der Waals surface area contributed by atoms with E-state index in [1.165, 1.54) is 11.1 Å². The number of rotatable bonds is 13. The van der Waals surface area contributed by atoms with Crippen molar-refractivity contribution < 1.29 is 14.3 Å². The number of carbonyl (C=O) groups excluding carboxylic acids is 1. The van der Waals surface area contributed by atoms with Crippen LogP contribution < -0.4 is 14.8 Å². The van der Waals surface area contributed by atoms with Gasteiger partial charge in [-0.25, -0.2) is 0 Å². The van der Waals surface area contributed by atoms with E-state index >= 15 is 0 Å². The second kappa shape index (κ2) is 13.7. The Morgan fingerprint density at radius 1 is 0.921 bits per heavy atom. The summed E-state index contributed by atoms with van der Waals surface area (Å²) in [6.07, 6.45) is 2.64. The standard InChI is InChI=1S/C30H34N4O3S/c1-22-11-14-25(15-12-22)34-28(21-23-8-5-4-6-9-23)32-33-30(34)38-19-7-10-29(35)31-18-17-24-13-16-26(36-2)27(20-24)37-3/h4-6,8-9,11-16,20H,7,10,17-19,21H2,1-3H3,(H,31,35). The van der Waals surface area contributed by atoms with E-state index in [2.05, 4.69) is 63.4 Å². The summed E-state index contributed by atoms with van der Waals surface area (Å²) in [5.41, 5.74) is 4.52. The number of nitrogens with one attached hydrogen (secondary N) is 1. The van der Waals surface area contributed by atoms with Gasteiger partial charge in [0.25, 0.3) is 0 Å². The van der Waals surface area contributed by atoms with Crippen molar-refractivity contribution in [1.82, 2.24) is 20.1 Å². The first-order valence-corrected chi connectivity index (χ1v) is 13.7. The molecule has 3 aromatic carbocycles. The molecule has 38 heavy (non-hydrogen) atoms. The molecule has 1 amide bonds. The predicted octanol–water partition coefficient (Wildman–Crippen LogP) is 5.41. The molecular formula is C30H34N4O3S. The maximum atomic E-state index is 12.4. The molecular weight excluding hydrogens is 496 g/mol. The molecule has 0 radical (unpaired) electrons. The Morgan fingerprint density at radius 2 is 1.68 bits per heavy atom. The highest BCUT2D eigenvalue weighted by atomic mass is 32.2. The van der Waals surface area contributed by atoms with Gasteiger partial charge in [0, 0.05) is 30.8 Å². The molecule has 0 spiro atoms. The quantitative estimate of drug-likeness (QED) is 0.184. The van der Waals surface area contributed by atoms with Crippen LogP contribution in [0.25, 0.3) is 5.69 Å². The van der Waals surface area contributed by atoms with Gasteiger partial charge in [-0.05, 0) is 55.2 Å². The van der Waals surface area contributed by atoms with Crippen molar-refractivity contribution in [3.8, 4) is 17.2 Å². The third-order valence-corrected chi connectivity index (χ3v) is 7.18. The molecule has 0 saturated heterocycles. The number of carbonyl (C=O) groups is 1. The van der Waals surface area contributed by atoms with Crippen LogP contribution in [0.3, 0.4) is 0 Å². The molecule has 0 unspecified atom stereocenters. The van der Waals surface area contributed by atoms with E-state index in [1.807, 2.05) is 36.4 Å². The smallest absolute Gasteiger partial charge is 0.220 e. The molecule has 0 aliphatic carbocycles. The second-order valence-corrected chi connectivity index (χ2v) is 10.0. The van der Waals surface area contributed by atoms with Crippen LogP contribution in [0.2, 0.25) is 0 Å². The minimum atomic E-state index is 0.0517. The summed E-state index contributed by atoms with van der Waals surface area (Å²) in [6, 6.07) is 24.5. The van der Waals surface area contributed by atoms with Crippen LogP contribution in [-0.4, -0.2) is 47.2 Å². The molecule has 1 heterocycles. The molecule has 1 N–H and O–H groups in total. The van der Waals surface area contributed by atoms with E-state index < -0.39 is 0 Å². The van der Waals surface area contributed by atoms with Gasteiger partial charge in [-0.15, -0.1) is 10.2 Å². The van der Waals surface area contributed by atoms with Crippen LogP contribution in [0.15, 0.2) is 78.0 Å². The number of benzene rings is 3. The lowest BCUT2D eigenvalue weighted by Gasteiger charge is -2.11. The van der Waals surface area contributed by atoms with Crippen molar-refractivity contribution in [3.63, 3.8) is 0 Å². The van der Waals surface area contributed by atoms with Gasteiger partial charge in [0.1, 0.15) is 5.82 Å². The molecule has 0 bridgehead atoms. The lowest BCUT2D eigenvalue weighted by molar-refractivity contribution is -0.121. The molecule has 0 aliphatic rings. The van der Waals surface area contributed by atoms with Crippen molar-refractivity contribution >= 4 is 17.7 Å². The number of hydrogen-bond donors (Lipinski definition) is 1. The summed E-state index contributed by atoms with van der Waals surface area (Å²) in [4.78, 5) is 12.4. The number of nitrogens with zero attached hydrogens (tertiary/aromatic N) is 3. The monoisotopic (exact) mass is 530 g/mol. The van der Waals surface area contributed by atoms with Crippen LogP contribution in [0.5, 0.6) is 11.5 Å². The predicted molar refractivity (Wildman–Crippen MR) is 152 cm³/mol. The molecule has 0 atom stereocenters. The van der Waals surface area contributed by atoms with E-state index in [4.69, 9.17) is 9.47 Å². The Kier molecular flexibility index (Phi) is 9.81. The van der Waals surface area contributed by atoms with E-state index in [9.17, 15) is 4.79 Å².